The second-order valence-electron chi connectivity index (χ2n) is 9.93. The van der Waals surface area contributed by atoms with Gasteiger partial charge in [-0.05, 0) is 43.0 Å². The van der Waals surface area contributed by atoms with E-state index in [4.69, 9.17) is 4.74 Å². The summed E-state index contributed by atoms with van der Waals surface area (Å²) in [5, 5.41) is 9.85. The van der Waals surface area contributed by atoms with Crippen molar-refractivity contribution in [1.29, 1.82) is 0 Å². The van der Waals surface area contributed by atoms with Crippen LogP contribution in [0, 0.1) is 11.7 Å². The van der Waals surface area contributed by atoms with Crippen LogP contribution in [0.4, 0.5) is 4.39 Å². The van der Waals surface area contributed by atoms with E-state index in [1.165, 1.54) is 17.0 Å². The lowest BCUT2D eigenvalue weighted by Crippen LogP contribution is -2.56. The molecule has 0 radical (unpaired) electrons. The Kier molecular flexibility index (Phi) is 11.3. The van der Waals surface area contributed by atoms with E-state index >= 15 is 0 Å². The molecule has 4 atom stereocenters. The molecule has 206 valence electrons. The maximum absolute atomic E-state index is 13.5. The quantitative estimate of drug-likeness (QED) is 0.571. The maximum Gasteiger partial charge on any atom is 0.242 e. The Labute approximate surface area is 225 Å². The minimum Gasteiger partial charge on any atom is -0.492 e. The Morgan fingerprint density at radius 1 is 1.13 bits per heavy atom. The molecule has 3 N–H and O–H groups in total. The second kappa shape index (κ2) is 14.6. The molecule has 7 nitrogen and oxygen atoms in total. The number of ether oxygens (including phenoxy) is 1. The summed E-state index contributed by atoms with van der Waals surface area (Å²) in [6, 6.07) is 12.8. The van der Waals surface area contributed by atoms with E-state index in [0.29, 0.717) is 32.7 Å². The highest BCUT2D eigenvalue weighted by atomic mass is 19.1. The first kappa shape index (κ1) is 29.3. The van der Waals surface area contributed by atoms with Crippen LogP contribution >= 0.6 is 0 Å². The van der Waals surface area contributed by atoms with Gasteiger partial charge in [0, 0.05) is 38.3 Å². The molecule has 0 aliphatic carbocycles. The first-order chi connectivity index (χ1) is 18.3. The van der Waals surface area contributed by atoms with Crippen LogP contribution < -0.4 is 20.7 Å². The van der Waals surface area contributed by atoms with Gasteiger partial charge in [-0.3, -0.25) is 9.59 Å². The van der Waals surface area contributed by atoms with Crippen molar-refractivity contribution in [1.82, 2.24) is 20.9 Å². The van der Waals surface area contributed by atoms with Gasteiger partial charge in [-0.25, -0.2) is 4.39 Å². The molecular formula is C30H41FN4O3. The number of carbonyl (C=O) groups excluding carboxylic acids is 2. The average molecular weight is 525 g/mol. The third-order valence-corrected chi connectivity index (χ3v) is 7.12. The zero-order chi connectivity index (χ0) is 27.5. The van der Waals surface area contributed by atoms with Crippen LogP contribution in [0.15, 0.2) is 54.6 Å². The monoisotopic (exact) mass is 524 g/mol. The van der Waals surface area contributed by atoms with E-state index in [2.05, 4.69) is 16.0 Å². The summed E-state index contributed by atoms with van der Waals surface area (Å²) < 4.78 is 19.5. The fourth-order valence-corrected chi connectivity index (χ4v) is 4.41. The van der Waals surface area contributed by atoms with Gasteiger partial charge < -0.3 is 25.6 Å². The van der Waals surface area contributed by atoms with Crippen molar-refractivity contribution >= 4 is 17.9 Å². The highest BCUT2D eigenvalue weighted by molar-refractivity contribution is 5.89. The average Bonchev–Trinajstić information content (AvgIpc) is 2.92. The topological polar surface area (TPSA) is 82.7 Å². The largest absolute Gasteiger partial charge is 0.492 e. The molecule has 1 heterocycles. The summed E-state index contributed by atoms with van der Waals surface area (Å²) in [7, 11) is 1.67. The molecule has 0 saturated carbocycles. The van der Waals surface area contributed by atoms with Crippen LogP contribution in [-0.4, -0.2) is 68.1 Å². The van der Waals surface area contributed by atoms with Crippen molar-refractivity contribution in [2.24, 2.45) is 5.92 Å². The number of carbonyl (C=O) groups is 2. The Morgan fingerprint density at radius 2 is 1.87 bits per heavy atom. The maximum atomic E-state index is 13.5. The SMILES string of the molecule is CCC(C)[C@@H]1NCCOc2ccccc2C=CCNC[C@@H](Cc2ccc(F)cc2)NC(=O)[C@@H](C)N(C)C1=O. The molecule has 1 unspecified atom stereocenters. The van der Waals surface area contributed by atoms with Crippen LogP contribution in [0.2, 0.25) is 0 Å². The van der Waals surface area contributed by atoms with Crippen LogP contribution in [-0.2, 0) is 16.0 Å². The van der Waals surface area contributed by atoms with Gasteiger partial charge in [0.25, 0.3) is 0 Å². The van der Waals surface area contributed by atoms with E-state index < -0.39 is 12.1 Å². The lowest BCUT2D eigenvalue weighted by Gasteiger charge is -2.32. The molecule has 1 aliphatic rings. The number of halogens is 1. The zero-order valence-corrected chi connectivity index (χ0v) is 22.9. The number of likely N-dealkylation sites (N-methyl/N-ethyl adjacent to an activating group) is 1. The van der Waals surface area contributed by atoms with Gasteiger partial charge in [0.1, 0.15) is 24.2 Å². The molecule has 2 amide bonds. The molecule has 38 heavy (non-hydrogen) atoms. The predicted molar refractivity (Wildman–Crippen MR) is 149 cm³/mol. The molecule has 0 spiro atoms. The van der Waals surface area contributed by atoms with Crippen molar-refractivity contribution in [2.75, 3.05) is 33.3 Å². The minimum atomic E-state index is -0.659. The normalized spacial score (nSPS) is 23.0. The summed E-state index contributed by atoms with van der Waals surface area (Å²) in [4.78, 5) is 28.3. The summed E-state index contributed by atoms with van der Waals surface area (Å²) in [6.45, 7) is 7.83. The van der Waals surface area contributed by atoms with Crippen LogP contribution in [0.3, 0.4) is 0 Å². The number of hydrogen-bond acceptors (Lipinski definition) is 5. The van der Waals surface area contributed by atoms with E-state index in [9.17, 15) is 14.0 Å². The van der Waals surface area contributed by atoms with Crippen LogP contribution in [0.25, 0.3) is 6.08 Å². The van der Waals surface area contributed by atoms with E-state index in [1.54, 1.807) is 26.1 Å². The summed E-state index contributed by atoms with van der Waals surface area (Å²) in [6.07, 6.45) is 5.38. The highest BCUT2D eigenvalue weighted by Crippen LogP contribution is 2.19. The number of para-hydroxylation sites is 1. The highest BCUT2D eigenvalue weighted by Gasteiger charge is 2.31. The number of hydrogen-bond donors (Lipinski definition) is 3. The molecule has 2 aromatic rings. The van der Waals surface area contributed by atoms with Gasteiger partial charge in [-0.1, -0.05) is 62.8 Å². The van der Waals surface area contributed by atoms with Gasteiger partial charge in [-0.15, -0.1) is 0 Å². The fourth-order valence-electron chi connectivity index (χ4n) is 4.41. The molecule has 2 aromatic carbocycles. The summed E-state index contributed by atoms with van der Waals surface area (Å²) in [5.41, 5.74) is 1.88. The van der Waals surface area contributed by atoms with Crippen LogP contribution in [0.5, 0.6) is 5.75 Å². The van der Waals surface area contributed by atoms with Crippen molar-refractivity contribution in [2.45, 2.75) is 51.7 Å². The van der Waals surface area contributed by atoms with Crippen molar-refractivity contribution in [3.8, 4) is 5.75 Å². The summed E-state index contributed by atoms with van der Waals surface area (Å²) in [5.74, 6) is 0.209. The van der Waals surface area contributed by atoms with Crippen LogP contribution in [0.1, 0.15) is 38.3 Å². The molecule has 0 aromatic heterocycles. The third kappa shape index (κ3) is 8.39. The zero-order valence-electron chi connectivity index (χ0n) is 22.9. The first-order valence-corrected chi connectivity index (χ1v) is 13.4. The number of benzene rings is 2. The third-order valence-electron chi connectivity index (χ3n) is 7.12. The van der Waals surface area contributed by atoms with Crippen molar-refractivity contribution in [3.63, 3.8) is 0 Å². The molecule has 0 fully saturated rings. The fraction of sp³-hybridized carbons (Fsp3) is 0.467. The summed E-state index contributed by atoms with van der Waals surface area (Å²) >= 11 is 0. The Bertz CT molecular complexity index is 1080. The predicted octanol–water partition coefficient (Wildman–Crippen LogP) is 3.40. The van der Waals surface area contributed by atoms with Gasteiger partial charge in [0.2, 0.25) is 11.8 Å². The smallest absolute Gasteiger partial charge is 0.242 e. The van der Waals surface area contributed by atoms with E-state index in [0.717, 1.165) is 23.3 Å². The van der Waals surface area contributed by atoms with Crippen molar-refractivity contribution in [3.05, 3.63) is 71.6 Å². The first-order valence-electron chi connectivity index (χ1n) is 13.4. The lowest BCUT2D eigenvalue weighted by atomic mass is 9.97. The van der Waals surface area contributed by atoms with Gasteiger partial charge in [-0.2, -0.15) is 0 Å². The van der Waals surface area contributed by atoms with Gasteiger partial charge in [0.15, 0.2) is 0 Å². The molecule has 1 aliphatic heterocycles. The van der Waals surface area contributed by atoms with E-state index in [-0.39, 0.29) is 29.6 Å². The van der Waals surface area contributed by atoms with E-state index in [1.807, 2.05) is 50.3 Å². The molecule has 0 saturated heterocycles. The molecule has 3 rings (SSSR count). The van der Waals surface area contributed by atoms with Gasteiger partial charge >= 0.3 is 0 Å². The molecule has 8 heteroatoms. The number of nitrogens with one attached hydrogen (secondary N) is 3. The Morgan fingerprint density at radius 3 is 2.61 bits per heavy atom. The Hall–Kier alpha value is -3.23. The Balaban J connectivity index is 1.84. The van der Waals surface area contributed by atoms with Gasteiger partial charge in [0.05, 0.1) is 6.04 Å². The lowest BCUT2D eigenvalue weighted by molar-refractivity contribution is -0.141. The number of amides is 2. The number of fused-ring (bicyclic) bond motifs is 1. The minimum absolute atomic E-state index is 0.0800. The standard InChI is InChI=1S/C30H41FN4O3/c1-5-21(2)28-30(37)35(4)22(3)29(36)34-26(19-23-12-14-25(31)15-13-23)20-32-16-8-10-24-9-6-7-11-27(24)38-18-17-33-28/h6-15,21-22,26,28,32-33H,5,16-20H2,1-4H3,(H,34,36)/t21?,22-,26-,28+/m1/s1. The number of rotatable bonds is 4. The number of nitrogens with zero attached hydrogens (tertiary/aromatic N) is 1. The molecular weight excluding hydrogens is 483 g/mol. The second-order valence-corrected chi connectivity index (χ2v) is 9.93. The van der Waals surface area contributed by atoms with Crippen molar-refractivity contribution < 1.29 is 18.7 Å². The molecule has 0 bridgehead atoms.